The van der Waals surface area contributed by atoms with E-state index in [1.807, 2.05) is 11.3 Å². The Bertz CT molecular complexity index is 508. The van der Waals surface area contributed by atoms with Crippen LogP contribution in [0.25, 0.3) is 10.1 Å². The molecule has 1 aromatic heterocycles. The van der Waals surface area contributed by atoms with Gasteiger partial charge in [0.05, 0.1) is 0 Å². The summed E-state index contributed by atoms with van der Waals surface area (Å²) in [6.45, 7) is 3.46. The third-order valence-corrected chi connectivity index (χ3v) is 4.88. The Morgan fingerprint density at radius 3 is 3.06 bits per heavy atom. The minimum absolute atomic E-state index is 0.249. The zero-order valence-electron chi connectivity index (χ0n) is 10.3. The zero-order chi connectivity index (χ0) is 11.7. The van der Waals surface area contributed by atoms with Crippen LogP contribution in [-0.4, -0.2) is 6.54 Å². The standard InChI is InChI=1S/C15H19NS/c1-2-8-15(9-4-10-16-15)13-6-3-5-12-7-11-17-14(12)13/h3,5-7,11,16H,2,4,8-10H2,1H3. The van der Waals surface area contributed by atoms with E-state index in [0.717, 1.165) is 0 Å². The second-order valence-corrected chi connectivity index (χ2v) is 5.92. The van der Waals surface area contributed by atoms with Crippen LogP contribution in [0.1, 0.15) is 38.2 Å². The fourth-order valence-electron chi connectivity index (χ4n) is 3.18. The van der Waals surface area contributed by atoms with Crippen LogP contribution in [0.15, 0.2) is 29.6 Å². The van der Waals surface area contributed by atoms with E-state index in [-0.39, 0.29) is 5.54 Å². The van der Waals surface area contributed by atoms with E-state index in [0.29, 0.717) is 0 Å². The first kappa shape index (κ1) is 11.2. The largest absolute Gasteiger partial charge is 0.307 e. The normalized spacial score (nSPS) is 24.5. The predicted octanol–water partition coefficient (Wildman–Crippen LogP) is 4.28. The molecule has 17 heavy (non-hydrogen) atoms. The Balaban J connectivity index is 2.14. The molecule has 1 nitrogen and oxygen atoms in total. The van der Waals surface area contributed by atoms with Gasteiger partial charge in [0.1, 0.15) is 0 Å². The molecule has 1 saturated heterocycles. The first-order valence-electron chi connectivity index (χ1n) is 6.57. The van der Waals surface area contributed by atoms with Crippen molar-refractivity contribution < 1.29 is 0 Å². The number of benzene rings is 1. The van der Waals surface area contributed by atoms with E-state index in [4.69, 9.17) is 0 Å². The van der Waals surface area contributed by atoms with Crippen molar-refractivity contribution in [1.29, 1.82) is 0 Å². The van der Waals surface area contributed by atoms with Gasteiger partial charge in [0.25, 0.3) is 0 Å². The average Bonchev–Trinajstić information content (AvgIpc) is 2.97. The van der Waals surface area contributed by atoms with Crippen LogP contribution in [0.2, 0.25) is 0 Å². The minimum Gasteiger partial charge on any atom is -0.307 e. The lowest BCUT2D eigenvalue weighted by Crippen LogP contribution is -2.36. The molecular weight excluding hydrogens is 226 g/mol. The summed E-state index contributed by atoms with van der Waals surface area (Å²) in [6.07, 6.45) is 5.10. The van der Waals surface area contributed by atoms with Crippen molar-refractivity contribution in [2.24, 2.45) is 0 Å². The first-order chi connectivity index (χ1) is 8.36. The smallest absolute Gasteiger partial charge is 0.0449 e. The van der Waals surface area contributed by atoms with Gasteiger partial charge in [-0.25, -0.2) is 0 Å². The van der Waals surface area contributed by atoms with Gasteiger partial charge >= 0.3 is 0 Å². The summed E-state index contributed by atoms with van der Waals surface area (Å²) in [4.78, 5) is 0. The molecule has 0 radical (unpaired) electrons. The second-order valence-electron chi connectivity index (χ2n) is 5.01. The van der Waals surface area contributed by atoms with Crippen LogP contribution in [0, 0.1) is 0 Å². The SMILES string of the molecule is CCCC1(c2cccc3ccsc23)CCCN1. The number of rotatable bonds is 3. The molecule has 1 fully saturated rings. The highest BCUT2D eigenvalue weighted by Crippen LogP contribution is 2.40. The summed E-state index contributed by atoms with van der Waals surface area (Å²) in [6, 6.07) is 9.00. The molecule has 0 aliphatic carbocycles. The van der Waals surface area contributed by atoms with Crippen molar-refractivity contribution >= 4 is 21.4 Å². The Morgan fingerprint density at radius 2 is 2.29 bits per heavy atom. The number of hydrogen-bond acceptors (Lipinski definition) is 2. The van der Waals surface area contributed by atoms with E-state index in [9.17, 15) is 0 Å². The van der Waals surface area contributed by atoms with E-state index < -0.39 is 0 Å². The van der Waals surface area contributed by atoms with E-state index in [1.165, 1.54) is 47.9 Å². The van der Waals surface area contributed by atoms with Gasteiger partial charge in [0.2, 0.25) is 0 Å². The van der Waals surface area contributed by atoms with E-state index in [2.05, 4.69) is 41.9 Å². The monoisotopic (exact) mass is 245 g/mol. The van der Waals surface area contributed by atoms with Crippen molar-refractivity contribution in [2.75, 3.05) is 6.54 Å². The van der Waals surface area contributed by atoms with E-state index >= 15 is 0 Å². The van der Waals surface area contributed by atoms with Gasteiger partial charge in [0, 0.05) is 10.2 Å². The molecule has 1 aliphatic rings. The Morgan fingerprint density at radius 1 is 1.35 bits per heavy atom. The molecule has 3 rings (SSSR count). The summed E-state index contributed by atoms with van der Waals surface area (Å²) in [7, 11) is 0. The number of nitrogens with one attached hydrogen (secondary N) is 1. The minimum atomic E-state index is 0.249. The summed E-state index contributed by atoms with van der Waals surface area (Å²) >= 11 is 1.89. The van der Waals surface area contributed by atoms with Crippen LogP contribution >= 0.6 is 11.3 Å². The van der Waals surface area contributed by atoms with Crippen molar-refractivity contribution in [1.82, 2.24) is 5.32 Å². The molecule has 1 unspecified atom stereocenters. The first-order valence-corrected chi connectivity index (χ1v) is 7.45. The molecule has 0 bridgehead atoms. The molecule has 0 saturated carbocycles. The van der Waals surface area contributed by atoms with Gasteiger partial charge in [-0.15, -0.1) is 11.3 Å². The third kappa shape index (κ3) is 1.80. The maximum atomic E-state index is 3.78. The molecule has 2 aromatic rings. The van der Waals surface area contributed by atoms with Gasteiger partial charge < -0.3 is 5.32 Å². The molecule has 90 valence electrons. The molecule has 0 spiro atoms. The highest BCUT2D eigenvalue weighted by atomic mass is 32.1. The lowest BCUT2D eigenvalue weighted by atomic mass is 9.84. The summed E-state index contributed by atoms with van der Waals surface area (Å²) in [5.41, 5.74) is 1.78. The molecular formula is C15H19NS. The average molecular weight is 245 g/mol. The van der Waals surface area contributed by atoms with Gasteiger partial charge in [-0.3, -0.25) is 0 Å². The molecule has 1 atom stereocenters. The quantitative estimate of drug-likeness (QED) is 0.851. The topological polar surface area (TPSA) is 12.0 Å². The maximum Gasteiger partial charge on any atom is 0.0449 e. The Kier molecular flexibility index (Phi) is 2.93. The zero-order valence-corrected chi connectivity index (χ0v) is 11.1. The van der Waals surface area contributed by atoms with Gasteiger partial charge in [-0.1, -0.05) is 31.5 Å². The van der Waals surface area contributed by atoms with Crippen LogP contribution in [0.4, 0.5) is 0 Å². The van der Waals surface area contributed by atoms with Gasteiger partial charge in [-0.05, 0) is 48.2 Å². The van der Waals surface area contributed by atoms with Gasteiger partial charge in [0.15, 0.2) is 0 Å². The van der Waals surface area contributed by atoms with E-state index in [1.54, 1.807) is 0 Å². The fraction of sp³-hybridized carbons (Fsp3) is 0.467. The molecule has 0 amide bonds. The van der Waals surface area contributed by atoms with Crippen molar-refractivity contribution in [3.05, 3.63) is 35.2 Å². The van der Waals surface area contributed by atoms with Gasteiger partial charge in [-0.2, -0.15) is 0 Å². The summed E-state index contributed by atoms with van der Waals surface area (Å²) in [5.74, 6) is 0. The lowest BCUT2D eigenvalue weighted by Gasteiger charge is -2.30. The lowest BCUT2D eigenvalue weighted by molar-refractivity contribution is 0.359. The maximum absolute atomic E-state index is 3.78. The number of thiophene rings is 1. The highest BCUT2D eigenvalue weighted by Gasteiger charge is 2.35. The van der Waals surface area contributed by atoms with Crippen molar-refractivity contribution in [3.63, 3.8) is 0 Å². The molecule has 1 aliphatic heterocycles. The summed E-state index contributed by atoms with van der Waals surface area (Å²) < 4.78 is 1.48. The highest BCUT2D eigenvalue weighted by molar-refractivity contribution is 7.17. The van der Waals surface area contributed by atoms with Crippen LogP contribution < -0.4 is 5.32 Å². The van der Waals surface area contributed by atoms with Crippen LogP contribution in [0.3, 0.4) is 0 Å². The predicted molar refractivity (Wildman–Crippen MR) is 75.6 cm³/mol. The number of hydrogen-bond donors (Lipinski definition) is 1. The third-order valence-electron chi connectivity index (χ3n) is 3.92. The Labute approximate surface area is 107 Å². The molecule has 1 N–H and O–H groups in total. The van der Waals surface area contributed by atoms with Crippen LogP contribution in [0.5, 0.6) is 0 Å². The second kappa shape index (κ2) is 4.43. The molecule has 1 aromatic carbocycles. The number of fused-ring (bicyclic) bond motifs is 1. The Hall–Kier alpha value is -0.860. The molecule has 2 heterocycles. The fourth-order valence-corrected chi connectivity index (χ4v) is 4.19. The van der Waals surface area contributed by atoms with Crippen molar-refractivity contribution in [2.45, 2.75) is 38.1 Å². The molecule has 2 heteroatoms. The van der Waals surface area contributed by atoms with Crippen LogP contribution in [-0.2, 0) is 5.54 Å². The summed E-state index contributed by atoms with van der Waals surface area (Å²) in [5, 5.41) is 7.39. The van der Waals surface area contributed by atoms with Crippen molar-refractivity contribution in [3.8, 4) is 0 Å².